The van der Waals surface area contributed by atoms with E-state index in [1.807, 2.05) is 19.1 Å². The predicted molar refractivity (Wildman–Crippen MR) is 62.9 cm³/mol. The minimum Gasteiger partial charge on any atom is -0.384 e. The molecular weight excluding hydrogens is 228 g/mol. The molecule has 0 aliphatic carbocycles. The molecule has 2 heterocycles. The molecule has 0 radical (unpaired) electrons. The Hall–Kier alpha value is -1.14. The SMILES string of the molecule is Cc1nnc(SCc2cccc(N)n2)s1. The lowest BCUT2D eigenvalue weighted by molar-refractivity contribution is 0.983. The molecule has 0 aliphatic heterocycles. The van der Waals surface area contributed by atoms with Gasteiger partial charge in [-0.1, -0.05) is 29.2 Å². The Bertz CT molecular complexity index is 455. The zero-order valence-corrected chi connectivity index (χ0v) is 9.81. The Morgan fingerprint density at radius 1 is 1.40 bits per heavy atom. The van der Waals surface area contributed by atoms with Crippen molar-refractivity contribution in [2.75, 3.05) is 5.73 Å². The number of nitrogens with two attached hydrogens (primary N) is 1. The summed E-state index contributed by atoms with van der Waals surface area (Å²) >= 11 is 3.22. The average molecular weight is 238 g/mol. The van der Waals surface area contributed by atoms with Crippen LogP contribution in [0.25, 0.3) is 0 Å². The van der Waals surface area contributed by atoms with E-state index in [0.717, 1.165) is 20.8 Å². The number of thioether (sulfide) groups is 1. The van der Waals surface area contributed by atoms with Gasteiger partial charge in [-0.2, -0.15) is 0 Å². The van der Waals surface area contributed by atoms with Gasteiger partial charge in [-0.3, -0.25) is 0 Å². The van der Waals surface area contributed by atoms with Crippen LogP contribution in [0.4, 0.5) is 5.82 Å². The van der Waals surface area contributed by atoms with Gasteiger partial charge in [-0.15, -0.1) is 10.2 Å². The van der Waals surface area contributed by atoms with Crippen molar-refractivity contribution in [1.29, 1.82) is 0 Å². The number of aryl methyl sites for hydroxylation is 1. The maximum Gasteiger partial charge on any atom is 0.174 e. The number of aromatic nitrogens is 3. The van der Waals surface area contributed by atoms with Gasteiger partial charge in [0.05, 0.1) is 5.69 Å². The fraction of sp³-hybridized carbons (Fsp3) is 0.222. The number of pyridine rings is 1. The number of rotatable bonds is 3. The molecule has 0 fully saturated rings. The van der Waals surface area contributed by atoms with E-state index in [2.05, 4.69) is 15.2 Å². The van der Waals surface area contributed by atoms with Gasteiger partial charge >= 0.3 is 0 Å². The summed E-state index contributed by atoms with van der Waals surface area (Å²) in [6.45, 7) is 1.94. The molecule has 4 nitrogen and oxygen atoms in total. The number of nitrogen functional groups attached to an aromatic ring is 1. The van der Waals surface area contributed by atoms with E-state index < -0.39 is 0 Å². The van der Waals surface area contributed by atoms with Gasteiger partial charge in [0.15, 0.2) is 4.34 Å². The molecule has 78 valence electrons. The molecule has 2 aromatic heterocycles. The van der Waals surface area contributed by atoms with Gasteiger partial charge in [0, 0.05) is 5.75 Å². The molecule has 0 spiro atoms. The molecule has 0 saturated heterocycles. The van der Waals surface area contributed by atoms with Crippen LogP contribution in [-0.4, -0.2) is 15.2 Å². The lowest BCUT2D eigenvalue weighted by Crippen LogP contribution is -1.93. The van der Waals surface area contributed by atoms with Gasteiger partial charge in [0.1, 0.15) is 10.8 Å². The highest BCUT2D eigenvalue weighted by molar-refractivity contribution is 8.00. The van der Waals surface area contributed by atoms with Crippen molar-refractivity contribution in [3.8, 4) is 0 Å². The Balaban J connectivity index is 1.99. The van der Waals surface area contributed by atoms with Gasteiger partial charge in [0.2, 0.25) is 0 Å². The van der Waals surface area contributed by atoms with Crippen molar-refractivity contribution in [2.24, 2.45) is 0 Å². The molecule has 6 heteroatoms. The van der Waals surface area contributed by atoms with Crippen molar-refractivity contribution < 1.29 is 0 Å². The van der Waals surface area contributed by atoms with Crippen molar-refractivity contribution in [3.63, 3.8) is 0 Å². The first-order valence-corrected chi connectivity index (χ1v) is 6.18. The van der Waals surface area contributed by atoms with Gasteiger partial charge in [-0.25, -0.2) is 4.98 Å². The molecule has 0 unspecified atom stereocenters. The molecule has 0 aliphatic rings. The standard InChI is InChI=1S/C9H10N4S2/c1-6-12-13-9(15-6)14-5-7-3-2-4-8(10)11-7/h2-4H,5H2,1H3,(H2,10,11). The summed E-state index contributed by atoms with van der Waals surface area (Å²) in [6, 6.07) is 5.64. The molecule has 0 amide bonds. The van der Waals surface area contributed by atoms with E-state index in [1.165, 1.54) is 0 Å². The Morgan fingerprint density at radius 2 is 2.27 bits per heavy atom. The first-order chi connectivity index (χ1) is 7.24. The van der Waals surface area contributed by atoms with Crippen LogP contribution in [0.2, 0.25) is 0 Å². The van der Waals surface area contributed by atoms with Crippen LogP contribution in [0.1, 0.15) is 10.7 Å². The fourth-order valence-corrected chi connectivity index (χ4v) is 2.77. The monoisotopic (exact) mass is 238 g/mol. The smallest absolute Gasteiger partial charge is 0.174 e. The lowest BCUT2D eigenvalue weighted by Gasteiger charge is -1.98. The quantitative estimate of drug-likeness (QED) is 0.830. The third kappa shape index (κ3) is 2.90. The van der Waals surface area contributed by atoms with Crippen molar-refractivity contribution in [3.05, 3.63) is 28.9 Å². The topological polar surface area (TPSA) is 64.7 Å². The van der Waals surface area contributed by atoms with Crippen LogP contribution in [-0.2, 0) is 5.75 Å². The van der Waals surface area contributed by atoms with E-state index in [0.29, 0.717) is 5.82 Å². The summed E-state index contributed by atoms with van der Waals surface area (Å²) in [5, 5.41) is 8.96. The fourth-order valence-electron chi connectivity index (χ4n) is 1.05. The highest BCUT2D eigenvalue weighted by atomic mass is 32.2. The van der Waals surface area contributed by atoms with E-state index in [1.54, 1.807) is 29.2 Å². The van der Waals surface area contributed by atoms with E-state index in [-0.39, 0.29) is 0 Å². The third-order valence-corrected chi connectivity index (χ3v) is 3.68. The van der Waals surface area contributed by atoms with E-state index >= 15 is 0 Å². The van der Waals surface area contributed by atoms with Crippen LogP contribution < -0.4 is 5.73 Å². The van der Waals surface area contributed by atoms with E-state index in [4.69, 9.17) is 5.73 Å². The normalized spacial score (nSPS) is 10.5. The first-order valence-electron chi connectivity index (χ1n) is 4.38. The molecule has 0 atom stereocenters. The summed E-state index contributed by atoms with van der Waals surface area (Å²) in [5.74, 6) is 1.33. The van der Waals surface area contributed by atoms with Gasteiger partial charge in [0.25, 0.3) is 0 Å². The predicted octanol–water partition coefficient (Wildman–Crippen LogP) is 2.12. The summed E-state index contributed by atoms with van der Waals surface area (Å²) in [5.41, 5.74) is 6.55. The van der Waals surface area contributed by atoms with Crippen LogP contribution in [0.3, 0.4) is 0 Å². The minimum absolute atomic E-state index is 0.557. The molecule has 2 rings (SSSR count). The Labute approximate surface area is 95.9 Å². The van der Waals surface area contributed by atoms with E-state index in [9.17, 15) is 0 Å². The largest absolute Gasteiger partial charge is 0.384 e. The highest BCUT2D eigenvalue weighted by Gasteiger charge is 2.02. The maximum atomic E-state index is 5.59. The lowest BCUT2D eigenvalue weighted by atomic mass is 10.4. The number of anilines is 1. The zero-order valence-electron chi connectivity index (χ0n) is 8.17. The Morgan fingerprint density at radius 3 is 2.93 bits per heavy atom. The summed E-state index contributed by atoms with van der Waals surface area (Å²) < 4.78 is 0.969. The van der Waals surface area contributed by atoms with Gasteiger partial charge < -0.3 is 5.73 Å². The second kappa shape index (κ2) is 4.59. The van der Waals surface area contributed by atoms with Crippen LogP contribution in [0, 0.1) is 6.92 Å². The summed E-state index contributed by atoms with van der Waals surface area (Å²) in [7, 11) is 0. The van der Waals surface area contributed by atoms with Crippen LogP contribution >= 0.6 is 23.1 Å². The maximum absolute atomic E-state index is 5.59. The van der Waals surface area contributed by atoms with Crippen LogP contribution in [0.15, 0.2) is 22.5 Å². The highest BCUT2D eigenvalue weighted by Crippen LogP contribution is 2.24. The van der Waals surface area contributed by atoms with Crippen molar-refractivity contribution in [2.45, 2.75) is 17.0 Å². The summed E-state index contributed by atoms with van der Waals surface area (Å²) in [4.78, 5) is 4.21. The molecular formula is C9H10N4S2. The molecule has 0 saturated carbocycles. The molecule has 2 N–H and O–H groups in total. The van der Waals surface area contributed by atoms with Gasteiger partial charge in [-0.05, 0) is 19.1 Å². The van der Waals surface area contributed by atoms with Crippen LogP contribution in [0.5, 0.6) is 0 Å². The molecule has 0 bridgehead atoms. The Kier molecular flexibility index (Phi) is 3.17. The molecule has 0 aromatic carbocycles. The van der Waals surface area contributed by atoms with Crippen molar-refractivity contribution in [1.82, 2.24) is 15.2 Å². The second-order valence-corrected chi connectivity index (χ2v) is 5.33. The molecule has 2 aromatic rings. The average Bonchev–Trinajstić information content (AvgIpc) is 2.62. The minimum atomic E-state index is 0.557. The zero-order chi connectivity index (χ0) is 10.7. The second-order valence-electron chi connectivity index (χ2n) is 2.93. The number of hydrogen-bond donors (Lipinski definition) is 1. The number of hydrogen-bond acceptors (Lipinski definition) is 6. The first kappa shape index (κ1) is 10.4. The number of nitrogens with zero attached hydrogens (tertiary/aromatic N) is 3. The third-order valence-electron chi connectivity index (χ3n) is 1.68. The van der Waals surface area contributed by atoms with Crippen molar-refractivity contribution >= 4 is 28.9 Å². The molecule has 15 heavy (non-hydrogen) atoms. The summed E-state index contributed by atoms with van der Waals surface area (Å²) in [6.07, 6.45) is 0.